The van der Waals surface area contributed by atoms with Crippen LogP contribution in [0, 0.1) is 0 Å². The van der Waals surface area contributed by atoms with E-state index in [1.165, 1.54) is 0 Å². The minimum Gasteiger partial charge on any atom is -0.380 e. The van der Waals surface area contributed by atoms with E-state index in [0.717, 1.165) is 55.4 Å². The summed E-state index contributed by atoms with van der Waals surface area (Å²) >= 11 is 0. The number of aliphatic hydroxyl groups is 1. The lowest BCUT2D eigenvalue weighted by molar-refractivity contribution is 0.203. The second-order valence-corrected chi connectivity index (χ2v) is 7.50. The van der Waals surface area contributed by atoms with Crippen LogP contribution in [0.4, 0.5) is 0 Å². The average molecular weight is 370 g/mol. The molecule has 4 heterocycles. The average Bonchev–Trinajstić information content (AvgIpc) is 3.33. The van der Waals surface area contributed by atoms with Crippen molar-refractivity contribution >= 4 is 0 Å². The fraction of sp³-hybridized carbons (Fsp3) is 0.526. The van der Waals surface area contributed by atoms with Crippen LogP contribution in [0.5, 0.6) is 0 Å². The first kappa shape index (κ1) is 17.9. The highest BCUT2D eigenvalue weighted by atomic mass is 16.5. The predicted molar refractivity (Wildman–Crippen MR) is 98.8 cm³/mol. The molecule has 0 spiro atoms. The minimum atomic E-state index is -0.770. The first-order chi connectivity index (χ1) is 13.0. The summed E-state index contributed by atoms with van der Waals surface area (Å²) in [5.41, 5.74) is 3.50. The van der Waals surface area contributed by atoms with E-state index < -0.39 is 6.10 Å². The second-order valence-electron chi connectivity index (χ2n) is 7.50. The van der Waals surface area contributed by atoms with Crippen molar-refractivity contribution in [1.82, 2.24) is 29.6 Å². The number of aromatic nitrogens is 5. The summed E-state index contributed by atoms with van der Waals surface area (Å²) in [5, 5.41) is 23.6. The normalized spacial score (nSPS) is 16.5. The lowest BCUT2D eigenvalue weighted by Crippen LogP contribution is -2.22. The number of aliphatic hydroxyl groups excluding tert-OH is 1. The van der Waals surface area contributed by atoms with Crippen molar-refractivity contribution in [3.63, 3.8) is 0 Å². The number of hydrogen-bond donors (Lipinski definition) is 1. The van der Waals surface area contributed by atoms with Gasteiger partial charge >= 0.3 is 0 Å². The van der Waals surface area contributed by atoms with Crippen LogP contribution < -0.4 is 0 Å². The molecular formula is C19H26N6O2. The molecule has 8 heteroatoms. The zero-order chi connectivity index (χ0) is 19.0. The van der Waals surface area contributed by atoms with E-state index in [9.17, 15) is 5.11 Å². The molecule has 144 valence electrons. The van der Waals surface area contributed by atoms with Crippen LogP contribution in [-0.2, 0) is 26.7 Å². The fourth-order valence-electron chi connectivity index (χ4n) is 3.52. The van der Waals surface area contributed by atoms with Gasteiger partial charge in [-0.05, 0) is 24.5 Å². The predicted octanol–water partition coefficient (Wildman–Crippen LogP) is 2.22. The molecule has 1 aliphatic rings. The number of rotatable bonds is 5. The molecule has 1 aliphatic heterocycles. The van der Waals surface area contributed by atoms with Gasteiger partial charge in [0.25, 0.3) is 0 Å². The third kappa shape index (κ3) is 3.68. The highest BCUT2D eigenvalue weighted by Gasteiger charge is 2.23. The summed E-state index contributed by atoms with van der Waals surface area (Å²) < 4.78 is 9.19. The van der Waals surface area contributed by atoms with Crippen LogP contribution in [-0.4, -0.2) is 41.3 Å². The summed E-state index contributed by atoms with van der Waals surface area (Å²) in [6, 6.07) is 5.86. The van der Waals surface area contributed by atoms with E-state index in [4.69, 9.17) is 4.52 Å². The number of hydrogen-bond acceptors (Lipinski definition) is 6. The van der Waals surface area contributed by atoms with Crippen molar-refractivity contribution in [1.29, 1.82) is 0 Å². The minimum absolute atomic E-state index is 0.365. The molecule has 0 bridgehead atoms. The van der Waals surface area contributed by atoms with Crippen LogP contribution in [0.2, 0.25) is 0 Å². The summed E-state index contributed by atoms with van der Waals surface area (Å²) in [4.78, 5) is 2.34. The molecule has 3 aromatic heterocycles. The molecule has 4 rings (SSSR count). The highest BCUT2D eigenvalue weighted by Crippen LogP contribution is 2.24. The standard InChI is InChI=1S/C19H26N6O2/c1-13(2)16-10-15(27-22-16)12-24-7-4-8-25-14(11-24)9-17(21-25)19(26)18-5-6-20-23(18)3/h5-6,9-10,13,19,26H,4,7-8,11-12H2,1-3H3/t19-/m0/s1. The molecule has 0 radical (unpaired) electrons. The van der Waals surface area contributed by atoms with Gasteiger partial charge in [-0.15, -0.1) is 0 Å². The van der Waals surface area contributed by atoms with E-state index in [1.54, 1.807) is 10.9 Å². The molecule has 0 aromatic carbocycles. The Morgan fingerprint density at radius 2 is 2.07 bits per heavy atom. The van der Waals surface area contributed by atoms with E-state index in [1.807, 2.05) is 29.9 Å². The number of fused-ring (bicyclic) bond motifs is 1. The molecule has 27 heavy (non-hydrogen) atoms. The maximum absolute atomic E-state index is 10.7. The molecule has 0 unspecified atom stereocenters. The molecule has 1 atom stereocenters. The lowest BCUT2D eigenvalue weighted by Gasteiger charge is -2.17. The molecular weight excluding hydrogens is 344 g/mol. The Bertz CT molecular complexity index is 909. The van der Waals surface area contributed by atoms with Crippen molar-refractivity contribution in [3.05, 3.63) is 52.9 Å². The third-order valence-corrected chi connectivity index (χ3v) is 5.08. The molecule has 8 nitrogen and oxygen atoms in total. The molecule has 0 saturated heterocycles. The van der Waals surface area contributed by atoms with E-state index in [2.05, 4.69) is 34.1 Å². The van der Waals surface area contributed by atoms with Crippen LogP contribution in [0.1, 0.15) is 60.8 Å². The lowest BCUT2D eigenvalue weighted by atomic mass is 10.1. The fourth-order valence-corrected chi connectivity index (χ4v) is 3.52. The van der Waals surface area contributed by atoms with Gasteiger partial charge in [0.05, 0.1) is 29.3 Å². The maximum Gasteiger partial charge on any atom is 0.150 e. The highest BCUT2D eigenvalue weighted by molar-refractivity contribution is 5.22. The Kier molecular flexibility index (Phi) is 4.84. The molecule has 1 N–H and O–H groups in total. The first-order valence-corrected chi connectivity index (χ1v) is 9.41. The van der Waals surface area contributed by atoms with Crippen LogP contribution in [0.3, 0.4) is 0 Å². The van der Waals surface area contributed by atoms with Gasteiger partial charge in [-0.2, -0.15) is 10.2 Å². The molecule has 3 aromatic rings. The Hall–Kier alpha value is -2.45. The van der Waals surface area contributed by atoms with Crippen molar-refractivity contribution in [3.8, 4) is 0 Å². The largest absolute Gasteiger partial charge is 0.380 e. The van der Waals surface area contributed by atoms with Crippen LogP contribution in [0.15, 0.2) is 28.9 Å². The Morgan fingerprint density at radius 1 is 1.22 bits per heavy atom. The SMILES string of the molecule is CC(C)c1cc(CN2CCCn3nc([C@H](O)c4ccnn4C)cc3C2)on1. The van der Waals surface area contributed by atoms with Gasteiger partial charge in [-0.3, -0.25) is 14.3 Å². The van der Waals surface area contributed by atoms with Crippen molar-refractivity contribution in [2.75, 3.05) is 6.54 Å². The topological polar surface area (TPSA) is 85.1 Å². The van der Waals surface area contributed by atoms with Gasteiger partial charge in [0.2, 0.25) is 0 Å². The third-order valence-electron chi connectivity index (χ3n) is 5.08. The van der Waals surface area contributed by atoms with Crippen molar-refractivity contribution in [2.45, 2.75) is 51.9 Å². The van der Waals surface area contributed by atoms with Gasteiger partial charge in [0, 0.05) is 38.9 Å². The Labute approximate surface area is 158 Å². The summed E-state index contributed by atoms with van der Waals surface area (Å²) in [5.74, 6) is 1.26. The summed E-state index contributed by atoms with van der Waals surface area (Å²) in [7, 11) is 1.82. The van der Waals surface area contributed by atoms with Gasteiger partial charge in [0.1, 0.15) is 6.10 Å². The maximum atomic E-state index is 10.7. The first-order valence-electron chi connectivity index (χ1n) is 9.41. The quantitative estimate of drug-likeness (QED) is 0.741. The Morgan fingerprint density at radius 3 is 2.78 bits per heavy atom. The van der Waals surface area contributed by atoms with Crippen molar-refractivity contribution < 1.29 is 9.63 Å². The zero-order valence-corrected chi connectivity index (χ0v) is 16.0. The van der Waals surface area contributed by atoms with Gasteiger partial charge in [0.15, 0.2) is 5.76 Å². The van der Waals surface area contributed by atoms with Crippen LogP contribution in [0.25, 0.3) is 0 Å². The zero-order valence-electron chi connectivity index (χ0n) is 16.0. The van der Waals surface area contributed by atoms with Crippen LogP contribution >= 0.6 is 0 Å². The second kappa shape index (κ2) is 7.28. The smallest absolute Gasteiger partial charge is 0.150 e. The number of nitrogens with zero attached hydrogens (tertiary/aromatic N) is 6. The molecule has 0 amide bonds. The van der Waals surface area contributed by atoms with E-state index in [0.29, 0.717) is 11.6 Å². The molecule has 0 aliphatic carbocycles. The number of aryl methyl sites for hydroxylation is 2. The monoisotopic (exact) mass is 370 g/mol. The van der Waals surface area contributed by atoms with E-state index in [-0.39, 0.29) is 0 Å². The van der Waals surface area contributed by atoms with Gasteiger partial charge in [-0.1, -0.05) is 19.0 Å². The summed E-state index contributed by atoms with van der Waals surface area (Å²) in [6.07, 6.45) is 1.92. The van der Waals surface area contributed by atoms with Gasteiger partial charge < -0.3 is 9.63 Å². The molecule has 0 fully saturated rings. The van der Waals surface area contributed by atoms with Crippen molar-refractivity contribution in [2.24, 2.45) is 7.05 Å². The molecule has 0 saturated carbocycles. The van der Waals surface area contributed by atoms with E-state index >= 15 is 0 Å². The van der Waals surface area contributed by atoms with Gasteiger partial charge in [-0.25, -0.2) is 0 Å². The summed E-state index contributed by atoms with van der Waals surface area (Å²) in [6.45, 7) is 7.54. The Balaban J connectivity index is 1.50.